The fourth-order valence-corrected chi connectivity index (χ4v) is 5.11. The predicted octanol–water partition coefficient (Wildman–Crippen LogP) is 7.54. The first kappa shape index (κ1) is 22.2. The van der Waals surface area contributed by atoms with Crippen LogP contribution in [0, 0.1) is 0 Å². The van der Waals surface area contributed by atoms with Crippen LogP contribution < -0.4 is 5.32 Å². The summed E-state index contributed by atoms with van der Waals surface area (Å²) in [4.78, 5) is 9.81. The van der Waals surface area contributed by atoms with Crippen LogP contribution in [0.5, 0.6) is 0 Å². The van der Waals surface area contributed by atoms with E-state index in [2.05, 4.69) is 105 Å². The SMILES string of the molecule is C1=Cc2cc(NCc3ccc(-c4nc5ccnc(-c6cn[nH]c6)c5cc4-c4ccccc4)cc3)ccc2C1. The number of benzene rings is 3. The third kappa shape index (κ3) is 4.14. The number of H-pyrrole nitrogens is 1. The van der Waals surface area contributed by atoms with Gasteiger partial charge < -0.3 is 5.32 Å². The standard InChI is InChI=1S/C33H25N5/c1-2-5-24(6-3-1)29-18-30-31(15-16-34-32(30)27-20-36-37-21-27)38-33(29)25-11-9-22(10-12-25)19-35-28-14-13-23-7-4-8-26(23)17-28/h1-6,8-18,20-21,35H,7,19H2,(H,36,37). The first-order valence-corrected chi connectivity index (χ1v) is 12.8. The Bertz CT molecular complexity index is 1770. The highest BCUT2D eigenvalue weighted by atomic mass is 15.1. The van der Waals surface area contributed by atoms with Crippen LogP contribution in [0.2, 0.25) is 0 Å². The van der Waals surface area contributed by atoms with Crippen molar-refractivity contribution in [1.29, 1.82) is 0 Å². The van der Waals surface area contributed by atoms with Gasteiger partial charge in [0.05, 0.1) is 23.1 Å². The van der Waals surface area contributed by atoms with Crippen molar-refractivity contribution >= 4 is 22.7 Å². The Morgan fingerprint density at radius 2 is 1.71 bits per heavy atom. The van der Waals surface area contributed by atoms with Crippen molar-refractivity contribution in [3.63, 3.8) is 0 Å². The number of fused-ring (bicyclic) bond motifs is 2. The summed E-state index contributed by atoms with van der Waals surface area (Å²) in [7, 11) is 0. The molecule has 5 nitrogen and oxygen atoms in total. The summed E-state index contributed by atoms with van der Waals surface area (Å²) in [6, 6.07) is 29.9. The second-order valence-electron chi connectivity index (χ2n) is 9.53. The van der Waals surface area contributed by atoms with E-state index in [9.17, 15) is 0 Å². The van der Waals surface area contributed by atoms with Crippen LogP contribution in [-0.2, 0) is 13.0 Å². The van der Waals surface area contributed by atoms with Crippen LogP contribution >= 0.6 is 0 Å². The minimum Gasteiger partial charge on any atom is -0.381 e. The molecule has 0 saturated carbocycles. The van der Waals surface area contributed by atoms with Gasteiger partial charge in [-0.1, -0.05) is 72.8 Å². The van der Waals surface area contributed by atoms with E-state index in [1.165, 1.54) is 16.7 Å². The molecule has 182 valence electrons. The van der Waals surface area contributed by atoms with Crippen LogP contribution in [0.1, 0.15) is 16.7 Å². The molecule has 38 heavy (non-hydrogen) atoms. The zero-order chi connectivity index (χ0) is 25.3. The van der Waals surface area contributed by atoms with Gasteiger partial charge in [-0.3, -0.25) is 10.1 Å². The van der Waals surface area contributed by atoms with Crippen LogP contribution in [-0.4, -0.2) is 20.2 Å². The van der Waals surface area contributed by atoms with E-state index in [4.69, 9.17) is 4.98 Å². The van der Waals surface area contributed by atoms with Crippen molar-refractivity contribution in [2.75, 3.05) is 5.32 Å². The van der Waals surface area contributed by atoms with E-state index < -0.39 is 0 Å². The van der Waals surface area contributed by atoms with E-state index in [-0.39, 0.29) is 0 Å². The zero-order valence-corrected chi connectivity index (χ0v) is 20.7. The first-order valence-electron chi connectivity index (χ1n) is 12.8. The van der Waals surface area contributed by atoms with Crippen LogP contribution in [0.3, 0.4) is 0 Å². The average Bonchev–Trinajstić information content (AvgIpc) is 3.68. The lowest BCUT2D eigenvalue weighted by Crippen LogP contribution is -2.00. The highest BCUT2D eigenvalue weighted by Gasteiger charge is 2.15. The molecule has 3 aromatic carbocycles. The van der Waals surface area contributed by atoms with Crippen molar-refractivity contribution in [1.82, 2.24) is 20.2 Å². The Balaban J connectivity index is 1.24. The molecule has 0 spiro atoms. The highest BCUT2D eigenvalue weighted by Crippen LogP contribution is 2.36. The van der Waals surface area contributed by atoms with Crippen molar-refractivity contribution in [2.45, 2.75) is 13.0 Å². The lowest BCUT2D eigenvalue weighted by Gasteiger charge is -2.14. The van der Waals surface area contributed by atoms with E-state index >= 15 is 0 Å². The molecular formula is C33H25N5. The summed E-state index contributed by atoms with van der Waals surface area (Å²) in [6.07, 6.45) is 10.9. The molecule has 2 N–H and O–H groups in total. The fourth-order valence-electron chi connectivity index (χ4n) is 5.11. The van der Waals surface area contributed by atoms with Gasteiger partial charge in [0.15, 0.2) is 0 Å². The van der Waals surface area contributed by atoms with Crippen molar-refractivity contribution in [2.24, 2.45) is 0 Å². The molecule has 6 aromatic rings. The second-order valence-corrected chi connectivity index (χ2v) is 9.53. The summed E-state index contributed by atoms with van der Waals surface area (Å²) in [5.74, 6) is 0. The predicted molar refractivity (Wildman–Crippen MR) is 154 cm³/mol. The first-order chi connectivity index (χ1) is 18.8. The number of hydrogen-bond acceptors (Lipinski definition) is 4. The van der Waals surface area contributed by atoms with Crippen molar-refractivity contribution in [3.8, 4) is 33.6 Å². The molecule has 0 saturated heterocycles. The van der Waals surface area contributed by atoms with Gasteiger partial charge in [-0.15, -0.1) is 0 Å². The molecule has 0 atom stereocenters. The van der Waals surface area contributed by atoms with Gasteiger partial charge in [-0.05, 0) is 52.9 Å². The molecule has 1 aliphatic rings. The van der Waals surface area contributed by atoms with Crippen molar-refractivity contribution in [3.05, 3.63) is 126 Å². The number of aromatic amines is 1. The molecule has 5 heteroatoms. The lowest BCUT2D eigenvalue weighted by molar-refractivity contribution is 1.09. The van der Waals surface area contributed by atoms with Gasteiger partial charge >= 0.3 is 0 Å². The van der Waals surface area contributed by atoms with Crippen LogP contribution in [0.4, 0.5) is 5.69 Å². The number of aromatic nitrogens is 4. The van der Waals surface area contributed by atoms with Gasteiger partial charge in [-0.2, -0.15) is 5.10 Å². The summed E-state index contributed by atoms with van der Waals surface area (Å²) < 4.78 is 0. The molecule has 7 rings (SSSR count). The van der Waals surface area contributed by atoms with Gasteiger partial charge in [0, 0.05) is 46.7 Å². The molecule has 0 amide bonds. The molecular weight excluding hydrogens is 466 g/mol. The maximum atomic E-state index is 5.16. The summed E-state index contributed by atoms with van der Waals surface area (Å²) >= 11 is 0. The van der Waals surface area contributed by atoms with Gasteiger partial charge in [-0.25, -0.2) is 4.98 Å². The minimum atomic E-state index is 0.763. The zero-order valence-electron chi connectivity index (χ0n) is 20.7. The van der Waals surface area contributed by atoms with E-state index in [1.54, 1.807) is 6.20 Å². The van der Waals surface area contributed by atoms with Gasteiger partial charge in [0.1, 0.15) is 0 Å². The summed E-state index contributed by atoms with van der Waals surface area (Å²) in [6.45, 7) is 0.763. The quantitative estimate of drug-likeness (QED) is 0.253. The average molecular weight is 492 g/mol. The largest absolute Gasteiger partial charge is 0.381 e. The highest BCUT2D eigenvalue weighted by molar-refractivity contribution is 5.98. The maximum absolute atomic E-state index is 5.16. The smallest absolute Gasteiger partial charge is 0.0827 e. The lowest BCUT2D eigenvalue weighted by atomic mass is 9.96. The Hall–Kier alpha value is -5.03. The molecule has 3 aromatic heterocycles. The molecule has 0 bridgehead atoms. The van der Waals surface area contributed by atoms with E-state index in [0.29, 0.717) is 0 Å². The third-order valence-corrected chi connectivity index (χ3v) is 7.10. The maximum Gasteiger partial charge on any atom is 0.0827 e. The minimum absolute atomic E-state index is 0.763. The molecule has 1 aliphatic carbocycles. The molecule has 0 aliphatic heterocycles. The number of nitrogens with one attached hydrogen (secondary N) is 2. The Kier molecular flexibility index (Phi) is 5.52. The van der Waals surface area contributed by atoms with E-state index in [1.807, 2.05) is 24.5 Å². The van der Waals surface area contributed by atoms with E-state index in [0.717, 1.165) is 63.2 Å². The normalized spacial score (nSPS) is 12.1. The van der Waals surface area contributed by atoms with Gasteiger partial charge in [0.2, 0.25) is 0 Å². The number of rotatable bonds is 6. The number of pyridine rings is 2. The van der Waals surface area contributed by atoms with Crippen molar-refractivity contribution < 1.29 is 0 Å². The summed E-state index contributed by atoms with van der Waals surface area (Å²) in [5.41, 5.74) is 12.0. The second kappa shape index (κ2) is 9.45. The molecule has 0 unspecified atom stereocenters. The number of allylic oxidation sites excluding steroid dienone is 1. The molecule has 3 heterocycles. The van der Waals surface area contributed by atoms with Crippen LogP contribution in [0.15, 0.2) is 110 Å². The number of nitrogens with zero attached hydrogens (tertiary/aromatic N) is 3. The molecule has 0 radical (unpaired) electrons. The monoisotopic (exact) mass is 491 g/mol. The fraction of sp³-hybridized carbons (Fsp3) is 0.0606. The Labute approximate surface area is 220 Å². The van der Waals surface area contributed by atoms with Gasteiger partial charge in [0.25, 0.3) is 0 Å². The van der Waals surface area contributed by atoms with Crippen LogP contribution in [0.25, 0.3) is 50.6 Å². The third-order valence-electron chi connectivity index (χ3n) is 7.10. The number of anilines is 1. The Morgan fingerprint density at radius 1 is 0.816 bits per heavy atom. The number of hydrogen-bond donors (Lipinski definition) is 2. The topological polar surface area (TPSA) is 66.5 Å². The Morgan fingerprint density at radius 3 is 2.55 bits per heavy atom. The molecule has 0 fully saturated rings. The summed E-state index contributed by atoms with van der Waals surface area (Å²) in [5, 5.41) is 11.6.